The van der Waals surface area contributed by atoms with Crippen molar-refractivity contribution in [1.29, 1.82) is 0 Å². The molecular weight excluding hydrogens is 360 g/mol. The van der Waals surface area contributed by atoms with Crippen LogP contribution in [-0.2, 0) is 4.79 Å². The number of alkyl halides is 1. The van der Waals surface area contributed by atoms with Crippen LogP contribution in [0.2, 0.25) is 0 Å². The van der Waals surface area contributed by atoms with Gasteiger partial charge in [0.1, 0.15) is 11.1 Å². The topological polar surface area (TPSA) is 49.9 Å². The number of benzene rings is 1. The molecule has 0 unspecified atom stereocenters. The Labute approximate surface area is 157 Å². The Balaban J connectivity index is 1.74. The van der Waals surface area contributed by atoms with Crippen molar-refractivity contribution in [2.75, 3.05) is 32.5 Å². The van der Waals surface area contributed by atoms with Crippen LogP contribution >= 0.6 is 23.4 Å². The molecule has 7 heteroatoms. The van der Waals surface area contributed by atoms with Crippen LogP contribution in [0.15, 0.2) is 24.3 Å². The van der Waals surface area contributed by atoms with Gasteiger partial charge in [0, 0.05) is 31.0 Å². The van der Waals surface area contributed by atoms with Gasteiger partial charge in [0.15, 0.2) is 0 Å². The van der Waals surface area contributed by atoms with Gasteiger partial charge < -0.3 is 14.5 Å². The van der Waals surface area contributed by atoms with E-state index in [2.05, 4.69) is 0 Å². The standard InChI is InChI=1S/C18H23ClN2O3S/c1-13(19)16(22)20-8-6-18(7-9-20)21(10-11-25-18)17(23)14-4-3-5-15(12-14)24-2/h3-5,12-13H,6-11H2,1-2H3/t13-/m1/s1. The highest BCUT2D eigenvalue weighted by atomic mass is 35.5. The molecule has 1 atom stereocenters. The Bertz CT molecular complexity index is 659. The molecule has 0 radical (unpaired) electrons. The smallest absolute Gasteiger partial charge is 0.255 e. The highest BCUT2D eigenvalue weighted by Gasteiger charge is 2.47. The van der Waals surface area contributed by atoms with Gasteiger partial charge in [0.25, 0.3) is 5.91 Å². The van der Waals surface area contributed by atoms with Gasteiger partial charge in [-0.15, -0.1) is 23.4 Å². The van der Waals surface area contributed by atoms with Crippen LogP contribution in [0.4, 0.5) is 0 Å². The van der Waals surface area contributed by atoms with Crippen molar-refractivity contribution >= 4 is 35.2 Å². The lowest BCUT2D eigenvalue weighted by Crippen LogP contribution is -2.54. The fourth-order valence-electron chi connectivity index (χ4n) is 3.55. The number of thioether (sulfide) groups is 1. The first kappa shape index (κ1) is 18.4. The average molecular weight is 383 g/mol. The molecule has 2 amide bonds. The molecule has 5 nitrogen and oxygen atoms in total. The number of halogens is 1. The number of rotatable bonds is 3. The number of hydrogen-bond donors (Lipinski definition) is 0. The number of likely N-dealkylation sites (tertiary alicyclic amines) is 1. The summed E-state index contributed by atoms with van der Waals surface area (Å²) in [5, 5.41) is -0.500. The van der Waals surface area contributed by atoms with E-state index in [1.165, 1.54) is 0 Å². The van der Waals surface area contributed by atoms with Crippen molar-refractivity contribution in [3.8, 4) is 5.75 Å². The first-order valence-corrected chi connectivity index (χ1v) is 9.92. The molecule has 1 aromatic carbocycles. The van der Waals surface area contributed by atoms with Gasteiger partial charge in [-0.2, -0.15) is 0 Å². The minimum atomic E-state index is -0.500. The highest BCUT2D eigenvalue weighted by molar-refractivity contribution is 8.00. The van der Waals surface area contributed by atoms with E-state index in [0.29, 0.717) is 24.4 Å². The number of nitrogens with zero attached hydrogens (tertiary/aromatic N) is 2. The number of ether oxygens (including phenoxy) is 1. The maximum atomic E-state index is 13.1. The Kier molecular flexibility index (Phi) is 5.49. The fourth-order valence-corrected chi connectivity index (χ4v) is 5.14. The summed E-state index contributed by atoms with van der Waals surface area (Å²) in [7, 11) is 1.60. The summed E-state index contributed by atoms with van der Waals surface area (Å²) in [5.74, 6) is 1.62. The van der Waals surface area contributed by atoms with E-state index in [-0.39, 0.29) is 16.7 Å². The lowest BCUT2D eigenvalue weighted by atomic mass is 10.0. The number of piperidine rings is 1. The van der Waals surface area contributed by atoms with E-state index >= 15 is 0 Å². The van der Waals surface area contributed by atoms with Crippen molar-refractivity contribution in [2.24, 2.45) is 0 Å². The molecule has 2 fully saturated rings. The maximum Gasteiger partial charge on any atom is 0.255 e. The summed E-state index contributed by atoms with van der Waals surface area (Å²) < 4.78 is 5.23. The molecule has 2 saturated heterocycles. The normalized spacial score (nSPS) is 20.6. The minimum absolute atomic E-state index is 0.0230. The van der Waals surface area contributed by atoms with E-state index in [1.54, 1.807) is 20.1 Å². The van der Waals surface area contributed by atoms with Gasteiger partial charge >= 0.3 is 0 Å². The van der Waals surface area contributed by atoms with Crippen molar-refractivity contribution in [3.63, 3.8) is 0 Å². The Hall–Kier alpha value is -1.40. The fraction of sp³-hybridized carbons (Fsp3) is 0.556. The predicted octanol–water partition coefficient (Wildman–Crippen LogP) is 2.83. The van der Waals surface area contributed by atoms with Gasteiger partial charge in [0.2, 0.25) is 5.91 Å². The van der Waals surface area contributed by atoms with Crippen molar-refractivity contribution < 1.29 is 14.3 Å². The molecule has 1 aromatic rings. The van der Waals surface area contributed by atoms with Crippen LogP contribution in [0.25, 0.3) is 0 Å². The van der Waals surface area contributed by atoms with Crippen molar-refractivity contribution in [3.05, 3.63) is 29.8 Å². The molecule has 0 bridgehead atoms. The van der Waals surface area contributed by atoms with E-state index < -0.39 is 5.38 Å². The third-order valence-electron chi connectivity index (χ3n) is 4.94. The molecule has 136 valence electrons. The minimum Gasteiger partial charge on any atom is -0.497 e. The SMILES string of the molecule is COc1cccc(C(=O)N2CCSC23CCN(C(=O)[C@@H](C)Cl)CC3)c1. The van der Waals surface area contributed by atoms with E-state index in [4.69, 9.17) is 16.3 Å². The molecule has 0 aliphatic carbocycles. The predicted molar refractivity (Wildman–Crippen MR) is 100 cm³/mol. The summed E-state index contributed by atoms with van der Waals surface area (Å²) >= 11 is 7.76. The largest absolute Gasteiger partial charge is 0.497 e. The van der Waals surface area contributed by atoms with Gasteiger partial charge in [-0.1, -0.05) is 6.07 Å². The lowest BCUT2D eigenvalue weighted by Gasteiger charge is -2.44. The number of amides is 2. The van der Waals surface area contributed by atoms with Crippen LogP contribution in [0, 0.1) is 0 Å². The second kappa shape index (κ2) is 7.46. The number of carbonyl (C=O) groups excluding carboxylic acids is 2. The van der Waals surface area contributed by atoms with Crippen molar-refractivity contribution in [1.82, 2.24) is 9.80 Å². The zero-order chi connectivity index (χ0) is 18.0. The Morgan fingerprint density at radius 2 is 2.00 bits per heavy atom. The summed E-state index contributed by atoms with van der Waals surface area (Å²) in [6.07, 6.45) is 1.56. The van der Waals surface area contributed by atoms with E-state index in [1.807, 2.05) is 39.8 Å². The maximum absolute atomic E-state index is 13.1. The second-order valence-electron chi connectivity index (χ2n) is 6.42. The zero-order valence-corrected chi connectivity index (χ0v) is 16.1. The molecule has 25 heavy (non-hydrogen) atoms. The Morgan fingerprint density at radius 1 is 1.28 bits per heavy atom. The first-order valence-electron chi connectivity index (χ1n) is 8.50. The molecule has 2 aliphatic heterocycles. The summed E-state index contributed by atoms with van der Waals surface area (Å²) in [6, 6.07) is 7.29. The van der Waals surface area contributed by atoms with Crippen LogP contribution in [-0.4, -0.2) is 64.4 Å². The number of methoxy groups -OCH3 is 1. The van der Waals surface area contributed by atoms with Crippen LogP contribution in [0.1, 0.15) is 30.1 Å². The molecule has 0 N–H and O–H groups in total. The van der Waals surface area contributed by atoms with Crippen LogP contribution in [0.5, 0.6) is 5.75 Å². The average Bonchev–Trinajstić information content (AvgIpc) is 3.04. The molecule has 0 aromatic heterocycles. The zero-order valence-electron chi connectivity index (χ0n) is 14.5. The van der Waals surface area contributed by atoms with Gasteiger partial charge in [-0.25, -0.2) is 0 Å². The van der Waals surface area contributed by atoms with Crippen LogP contribution in [0.3, 0.4) is 0 Å². The summed E-state index contributed by atoms with van der Waals surface area (Å²) in [5.41, 5.74) is 0.647. The van der Waals surface area contributed by atoms with Gasteiger partial charge in [-0.3, -0.25) is 9.59 Å². The summed E-state index contributed by atoms with van der Waals surface area (Å²) in [4.78, 5) is 28.8. The number of hydrogen-bond acceptors (Lipinski definition) is 4. The molecule has 2 aliphatic rings. The Morgan fingerprint density at radius 3 is 2.64 bits per heavy atom. The van der Waals surface area contributed by atoms with Crippen LogP contribution < -0.4 is 4.74 Å². The molecule has 0 saturated carbocycles. The monoisotopic (exact) mass is 382 g/mol. The third kappa shape index (κ3) is 3.60. The van der Waals surface area contributed by atoms with E-state index in [0.717, 1.165) is 25.1 Å². The second-order valence-corrected chi connectivity index (χ2v) is 8.54. The molecule has 1 spiro atoms. The number of carbonyl (C=O) groups is 2. The van der Waals surface area contributed by atoms with Gasteiger partial charge in [-0.05, 0) is 38.0 Å². The van der Waals surface area contributed by atoms with Crippen molar-refractivity contribution in [2.45, 2.75) is 30.0 Å². The summed E-state index contributed by atoms with van der Waals surface area (Å²) in [6.45, 7) is 3.73. The highest BCUT2D eigenvalue weighted by Crippen LogP contribution is 2.44. The molecule has 3 rings (SSSR count). The molecule has 2 heterocycles. The molecular formula is C18H23ClN2O3S. The first-order chi connectivity index (χ1) is 12.0. The van der Waals surface area contributed by atoms with E-state index in [9.17, 15) is 9.59 Å². The lowest BCUT2D eigenvalue weighted by molar-refractivity contribution is -0.132. The van der Waals surface area contributed by atoms with Gasteiger partial charge in [0.05, 0.1) is 12.0 Å². The third-order valence-corrected chi connectivity index (χ3v) is 6.68. The quantitative estimate of drug-likeness (QED) is 0.754.